The summed E-state index contributed by atoms with van der Waals surface area (Å²) in [4.78, 5) is 26.0. The fourth-order valence-electron chi connectivity index (χ4n) is 3.00. The van der Waals surface area contributed by atoms with Gasteiger partial charge in [0.05, 0.1) is 12.5 Å². The summed E-state index contributed by atoms with van der Waals surface area (Å²) < 4.78 is 0. The Bertz CT molecular complexity index is 570. The molecule has 1 saturated heterocycles. The molecule has 0 aromatic heterocycles. The van der Waals surface area contributed by atoms with Gasteiger partial charge >= 0.3 is 0 Å². The number of hydrogen-bond donors (Lipinski definition) is 2. The number of nitrogens with zero attached hydrogens (tertiary/aromatic N) is 1. The zero-order valence-corrected chi connectivity index (χ0v) is 14.3. The molecular weight excluding hydrogens is 290 g/mol. The Morgan fingerprint density at radius 3 is 2.52 bits per heavy atom. The van der Waals surface area contributed by atoms with Crippen molar-refractivity contribution in [2.45, 2.75) is 39.7 Å². The van der Waals surface area contributed by atoms with Gasteiger partial charge < -0.3 is 16.0 Å². The van der Waals surface area contributed by atoms with Crippen molar-refractivity contribution in [1.82, 2.24) is 10.2 Å². The average Bonchev–Trinajstić information content (AvgIpc) is 2.90. The molecule has 0 spiro atoms. The molecule has 1 aliphatic heterocycles. The molecule has 1 aromatic carbocycles. The van der Waals surface area contributed by atoms with Gasteiger partial charge in [0.25, 0.3) is 0 Å². The zero-order valence-electron chi connectivity index (χ0n) is 14.3. The first-order valence-corrected chi connectivity index (χ1v) is 8.14. The number of benzene rings is 1. The lowest BCUT2D eigenvalue weighted by atomic mass is 9.90. The van der Waals surface area contributed by atoms with Crippen LogP contribution in [-0.2, 0) is 9.59 Å². The second-order valence-corrected chi connectivity index (χ2v) is 6.95. The summed E-state index contributed by atoms with van der Waals surface area (Å²) in [6.07, 6.45) is 1.22. The van der Waals surface area contributed by atoms with Crippen molar-refractivity contribution in [2.24, 2.45) is 11.1 Å². The fraction of sp³-hybridized carbons (Fsp3) is 0.556. The lowest BCUT2D eigenvalue weighted by Gasteiger charge is -2.25. The van der Waals surface area contributed by atoms with E-state index in [1.54, 1.807) is 0 Å². The largest absolute Gasteiger partial charge is 0.349 e. The lowest BCUT2D eigenvalue weighted by molar-refractivity contribution is -0.131. The van der Waals surface area contributed by atoms with Gasteiger partial charge in [-0.1, -0.05) is 36.8 Å². The maximum atomic E-state index is 12.6. The van der Waals surface area contributed by atoms with Crippen LogP contribution >= 0.6 is 0 Å². The number of rotatable bonds is 5. The predicted octanol–water partition coefficient (Wildman–Crippen LogP) is 1.76. The summed E-state index contributed by atoms with van der Waals surface area (Å²) >= 11 is 0. The standard InChI is InChI=1S/C18H27N3O2/c1-13-4-6-15(7-5-13)16(20-14(2)22)10-17(23)21-9-8-18(3,11-19)12-21/h4-7,16H,8-12,19H2,1-3H3,(H,20,22). The van der Waals surface area contributed by atoms with E-state index in [2.05, 4.69) is 12.2 Å². The lowest BCUT2D eigenvalue weighted by Crippen LogP contribution is -2.37. The molecule has 1 fully saturated rings. The van der Waals surface area contributed by atoms with Gasteiger partial charge in [-0.15, -0.1) is 0 Å². The van der Waals surface area contributed by atoms with Crippen molar-refractivity contribution in [3.05, 3.63) is 35.4 Å². The van der Waals surface area contributed by atoms with E-state index in [-0.39, 0.29) is 29.7 Å². The van der Waals surface area contributed by atoms with Gasteiger partial charge in [0, 0.05) is 20.0 Å². The number of amides is 2. The average molecular weight is 317 g/mol. The van der Waals surface area contributed by atoms with Crippen LogP contribution in [0.15, 0.2) is 24.3 Å². The topological polar surface area (TPSA) is 75.4 Å². The first-order chi connectivity index (χ1) is 10.8. The number of hydrogen-bond acceptors (Lipinski definition) is 3. The van der Waals surface area contributed by atoms with Gasteiger partial charge in [-0.3, -0.25) is 9.59 Å². The van der Waals surface area contributed by atoms with Crippen LogP contribution in [0, 0.1) is 12.3 Å². The van der Waals surface area contributed by atoms with Crippen LogP contribution in [0.25, 0.3) is 0 Å². The quantitative estimate of drug-likeness (QED) is 0.869. The number of nitrogens with two attached hydrogens (primary N) is 1. The highest BCUT2D eigenvalue weighted by Gasteiger charge is 2.35. The molecule has 126 valence electrons. The second-order valence-electron chi connectivity index (χ2n) is 6.95. The van der Waals surface area contributed by atoms with Crippen molar-refractivity contribution in [2.75, 3.05) is 19.6 Å². The van der Waals surface area contributed by atoms with Crippen molar-refractivity contribution in [3.63, 3.8) is 0 Å². The van der Waals surface area contributed by atoms with Crippen molar-refractivity contribution in [1.29, 1.82) is 0 Å². The predicted molar refractivity (Wildman–Crippen MR) is 90.7 cm³/mol. The maximum Gasteiger partial charge on any atom is 0.225 e. The number of likely N-dealkylation sites (tertiary alicyclic amines) is 1. The first kappa shape index (κ1) is 17.5. The molecule has 2 unspecified atom stereocenters. The van der Waals surface area contributed by atoms with Gasteiger partial charge in [0.1, 0.15) is 0 Å². The van der Waals surface area contributed by atoms with Crippen LogP contribution in [0.5, 0.6) is 0 Å². The Labute approximate surface area is 138 Å². The molecule has 0 radical (unpaired) electrons. The highest BCUT2D eigenvalue weighted by molar-refractivity contribution is 5.79. The molecule has 5 heteroatoms. The summed E-state index contributed by atoms with van der Waals surface area (Å²) in [6.45, 7) is 7.64. The third kappa shape index (κ3) is 4.55. The first-order valence-electron chi connectivity index (χ1n) is 8.14. The highest BCUT2D eigenvalue weighted by atomic mass is 16.2. The third-order valence-corrected chi connectivity index (χ3v) is 4.64. The van der Waals surface area contributed by atoms with Crippen LogP contribution in [0.3, 0.4) is 0 Å². The molecule has 3 N–H and O–H groups in total. The van der Waals surface area contributed by atoms with E-state index in [0.29, 0.717) is 13.1 Å². The monoisotopic (exact) mass is 317 g/mol. The number of carbonyl (C=O) groups is 2. The molecule has 1 heterocycles. The number of carbonyl (C=O) groups excluding carboxylic acids is 2. The zero-order chi connectivity index (χ0) is 17.0. The van der Waals surface area contributed by atoms with Crippen LogP contribution in [0.4, 0.5) is 0 Å². The summed E-state index contributed by atoms with van der Waals surface area (Å²) in [6, 6.07) is 7.64. The van der Waals surface area contributed by atoms with Crippen molar-refractivity contribution >= 4 is 11.8 Å². The minimum absolute atomic E-state index is 0.0169. The number of nitrogens with one attached hydrogen (secondary N) is 1. The summed E-state index contributed by atoms with van der Waals surface area (Å²) in [5.41, 5.74) is 7.94. The summed E-state index contributed by atoms with van der Waals surface area (Å²) in [7, 11) is 0. The van der Waals surface area contributed by atoms with E-state index in [1.807, 2.05) is 36.1 Å². The Hall–Kier alpha value is -1.88. The van der Waals surface area contributed by atoms with Crippen LogP contribution in [-0.4, -0.2) is 36.3 Å². The van der Waals surface area contributed by atoms with E-state index in [1.165, 1.54) is 6.92 Å². The molecule has 2 rings (SSSR count). The molecule has 2 amide bonds. The normalized spacial score (nSPS) is 22.0. The molecule has 1 aromatic rings. The van der Waals surface area contributed by atoms with Crippen LogP contribution in [0.2, 0.25) is 0 Å². The second kappa shape index (κ2) is 7.13. The van der Waals surface area contributed by atoms with E-state index in [0.717, 1.165) is 24.1 Å². The van der Waals surface area contributed by atoms with Gasteiger partial charge in [-0.25, -0.2) is 0 Å². The van der Waals surface area contributed by atoms with E-state index >= 15 is 0 Å². The smallest absolute Gasteiger partial charge is 0.225 e. The Balaban J connectivity index is 2.07. The van der Waals surface area contributed by atoms with Crippen LogP contribution in [0.1, 0.15) is 43.9 Å². The molecule has 23 heavy (non-hydrogen) atoms. The van der Waals surface area contributed by atoms with E-state index < -0.39 is 0 Å². The van der Waals surface area contributed by atoms with Crippen molar-refractivity contribution in [3.8, 4) is 0 Å². The number of aryl methyl sites for hydroxylation is 1. The molecular formula is C18H27N3O2. The summed E-state index contributed by atoms with van der Waals surface area (Å²) in [5.74, 6) is -0.0573. The maximum absolute atomic E-state index is 12.6. The van der Waals surface area contributed by atoms with E-state index in [4.69, 9.17) is 5.73 Å². The van der Waals surface area contributed by atoms with Gasteiger partial charge in [-0.2, -0.15) is 0 Å². The summed E-state index contributed by atoms with van der Waals surface area (Å²) in [5, 5.41) is 2.89. The Morgan fingerprint density at radius 1 is 1.35 bits per heavy atom. The van der Waals surface area contributed by atoms with Gasteiger partial charge in [0.15, 0.2) is 0 Å². The minimum Gasteiger partial charge on any atom is -0.349 e. The molecule has 5 nitrogen and oxygen atoms in total. The van der Waals surface area contributed by atoms with Crippen LogP contribution < -0.4 is 11.1 Å². The fourth-order valence-corrected chi connectivity index (χ4v) is 3.00. The van der Waals surface area contributed by atoms with Gasteiger partial charge in [0.2, 0.25) is 11.8 Å². The molecule has 1 aliphatic rings. The van der Waals surface area contributed by atoms with Crippen molar-refractivity contribution < 1.29 is 9.59 Å². The molecule has 0 saturated carbocycles. The molecule has 2 atom stereocenters. The van der Waals surface area contributed by atoms with Gasteiger partial charge in [-0.05, 0) is 30.9 Å². The third-order valence-electron chi connectivity index (χ3n) is 4.64. The highest BCUT2D eigenvalue weighted by Crippen LogP contribution is 2.30. The Morgan fingerprint density at radius 2 is 2.00 bits per heavy atom. The van der Waals surface area contributed by atoms with E-state index in [9.17, 15) is 9.59 Å². The Kier molecular flexibility index (Phi) is 5.42. The SMILES string of the molecule is CC(=O)NC(CC(=O)N1CCC(C)(CN)C1)c1ccc(C)cc1. The minimum atomic E-state index is -0.287. The molecule has 0 aliphatic carbocycles. The molecule has 0 bridgehead atoms.